The summed E-state index contributed by atoms with van der Waals surface area (Å²) in [6, 6.07) is 6.53. The molecule has 0 amide bonds. The van der Waals surface area contributed by atoms with Crippen LogP contribution in [0.15, 0.2) is 18.2 Å². The second kappa shape index (κ2) is 7.51. The van der Waals surface area contributed by atoms with Gasteiger partial charge in [0.05, 0.1) is 7.11 Å². The van der Waals surface area contributed by atoms with E-state index in [4.69, 9.17) is 10.5 Å². The van der Waals surface area contributed by atoms with E-state index in [1.54, 1.807) is 7.11 Å². The first-order valence-corrected chi connectivity index (χ1v) is 7.03. The lowest BCUT2D eigenvalue weighted by molar-refractivity contribution is 0.277. The van der Waals surface area contributed by atoms with Gasteiger partial charge in [-0.05, 0) is 37.1 Å². The standard InChI is InChI=1S/C16H28N2O/c1-12(2)14-6-7-15(16(8-14)19-5)11-18(4)10-13(3)9-17/h6-8,12-13H,9-11,17H2,1-5H3. The smallest absolute Gasteiger partial charge is 0.123 e. The zero-order valence-electron chi connectivity index (χ0n) is 12.9. The van der Waals surface area contributed by atoms with Crippen LogP contribution in [0.5, 0.6) is 5.75 Å². The molecule has 0 saturated heterocycles. The third kappa shape index (κ3) is 4.84. The lowest BCUT2D eigenvalue weighted by Crippen LogP contribution is -2.28. The monoisotopic (exact) mass is 264 g/mol. The third-order valence-electron chi connectivity index (χ3n) is 3.44. The number of methoxy groups -OCH3 is 1. The molecule has 1 aromatic rings. The molecule has 19 heavy (non-hydrogen) atoms. The number of nitrogens with zero attached hydrogens (tertiary/aromatic N) is 1. The van der Waals surface area contributed by atoms with Crippen molar-refractivity contribution in [3.8, 4) is 5.75 Å². The van der Waals surface area contributed by atoms with Crippen molar-refractivity contribution in [1.29, 1.82) is 0 Å². The summed E-state index contributed by atoms with van der Waals surface area (Å²) in [6.07, 6.45) is 0. The molecule has 0 heterocycles. The van der Waals surface area contributed by atoms with Crippen molar-refractivity contribution in [2.45, 2.75) is 33.2 Å². The van der Waals surface area contributed by atoms with Crippen LogP contribution < -0.4 is 10.5 Å². The molecule has 0 bridgehead atoms. The molecular formula is C16H28N2O. The molecule has 0 spiro atoms. The molecule has 1 unspecified atom stereocenters. The highest BCUT2D eigenvalue weighted by atomic mass is 16.5. The van der Waals surface area contributed by atoms with Crippen molar-refractivity contribution >= 4 is 0 Å². The molecule has 0 aliphatic rings. The Hall–Kier alpha value is -1.06. The van der Waals surface area contributed by atoms with Gasteiger partial charge in [-0.1, -0.05) is 32.9 Å². The van der Waals surface area contributed by atoms with Gasteiger partial charge in [0.2, 0.25) is 0 Å². The molecule has 0 aliphatic heterocycles. The van der Waals surface area contributed by atoms with Gasteiger partial charge >= 0.3 is 0 Å². The Morgan fingerprint density at radius 1 is 1.26 bits per heavy atom. The summed E-state index contributed by atoms with van der Waals surface area (Å²) in [6.45, 7) is 9.20. The van der Waals surface area contributed by atoms with E-state index < -0.39 is 0 Å². The Balaban J connectivity index is 2.77. The Labute approximate surface area is 117 Å². The molecule has 3 nitrogen and oxygen atoms in total. The fourth-order valence-corrected chi connectivity index (χ4v) is 2.21. The Kier molecular flexibility index (Phi) is 6.32. The van der Waals surface area contributed by atoms with Crippen molar-refractivity contribution in [3.63, 3.8) is 0 Å². The van der Waals surface area contributed by atoms with Crippen LogP contribution in [0, 0.1) is 5.92 Å². The minimum absolute atomic E-state index is 0.519. The molecule has 108 valence electrons. The Morgan fingerprint density at radius 3 is 2.47 bits per heavy atom. The largest absolute Gasteiger partial charge is 0.496 e. The summed E-state index contributed by atoms with van der Waals surface area (Å²) >= 11 is 0. The Bertz CT molecular complexity index is 390. The van der Waals surface area contributed by atoms with E-state index in [0.717, 1.165) is 25.4 Å². The number of benzene rings is 1. The topological polar surface area (TPSA) is 38.5 Å². The Morgan fingerprint density at radius 2 is 1.95 bits per heavy atom. The van der Waals surface area contributed by atoms with Crippen molar-refractivity contribution in [1.82, 2.24) is 4.90 Å². The molecule has 0 aromatic heterocycles. The summed E-state index contributed by atoms with van der Waals surface area (Å²) in [5.74, 6) is 2.03. The molecule has 1 aromatic carbocycles. The van der Waals surface area contributed by atoms with Crippen LogP contribution in [0.2, 0.25) is 0 Å². The quantitative estimate of drug-likeness (QED) is 0.823. The van der Waals surface area contributed by atoms with Gasteiger partial charge in [0.1, 0.15) is 5.75 Å². The average molecular weight is 264 g/mol. The van der Waals surface area contributed by atoms with E-state index in [9.17, 15) is 0 Å². The highest BCUT2D eigenvalue weighted by molar-refractivity contribution is 5.38. The zero-order valence-corrected chi connectivity index (χ0v) is 12.9. The molecule has 1 rings (SSSR count). The van der Waals surface area contributed by atoms with Crippen molar-refractivity contribution < 1.29 is 4.74 Å². The molecule has 0 aliphatic carbocycles. The predicted molar refractivity (Wildman–Crippen MR) is 81.6 cm³/mol. The van der Waals surface area contributed by atoms with Crippen molar-refractivity contribution in [3.05, 3.63) is 29.3 Å². The molecule has 3 heteroatoms. The number of hydrogen-bond donors (Lipinski definition) is 1. The van der Waals surface area contributed by atoms with Crippen LogP contribution >= 0.6 is 0 Å². The first-order valence-electron chi connectivity index (χ1n) is 7.03. The van der Waals surface area contributed by atoms with Crippen LogP contribution in [0.25, 0.3) is 0 Å². The maximum absolute atomic E-state index is 5.67. The van der Waals surface area contributed by atoms with Gasteiger partial charge in [0.25, 0.3) is 0 Å². The minimum atomic E-state index is 0.519. The van der Waals surface area contributed by atoms with Gasteiger partial charge in [-0.3, -0.25) is 0 Å². The van der Waals surface area contributed by atoms with Gasteiger partial charge < -0.3 is 15.4 Å². The highest BCUT2D eigenvalue weighted by Crippen LogP contribution is 2.25. The summed E-state index contributed by atoms with van der Waals surface area (Å²) in [5.41, 5.74) is 8.22. The second-order valence-electron chi connectivity index (χ2n) is 5.76. The van der Waals surface area contributed by atoms with Crippen LogP contribution in [-0.4, -0.2) is 32.1 Å². The van der Waals surface area contributed by atoms with Crippen molar-refractivity contribution in [2.75, 3.05) is 27.2 Å². The van der Waals surface area contributed by atoms with E-state index in [1.807, 2.05) is 0 Å². The zero-order chi connectivity index (χ0) is 14.4. The summed E-state index contributed by atoms with van der Waals surface area (Å²) < 4.78 is 5.52. The van der Waals surface area contributed by atoms with Gasteiger partial charge in [-0.2, -0.15) is 0 Å². The van der Waals surface area contributed by atoms with Gasteiger partial charge in [0, 0.05) is 18.7 Å². The number of hydrogen-bond acceptors (Lipinski definition) is 3. The van der Waals surface area contributed by atoms with E-state index in [2.05, 4.69) is 50.9 Å². The first kappa shape index (κ1) is 16.0. The molecular weight excluding hydrogens is 236 g/mol. The molecule has 2 N–H and O–H groups in total. The lowest BCUT2D eigenvalue weighted by atomic mass is 10.0. The van der Waals surface area contributed by atoms with Crippen LogP contribution in [0.3, 0.4) is 0 Å². The lowest BCUT2D eigenvalue weighted by Gasteiger charge is -2.22. The normalized spacial score (nSPS) is 13.1. The fourth-order valence-electron chi connectivity index (χ4n) is 2.21. The maximum Gasteiger partial charge on any atom is 0.123 e. The first-order chi connectivity index (χ1) is 8.97. The van der Waals surface area contributed by atoms with E-state index in [0.29, 0.717) is 11.8 Å². The van der Waals surface area contributed by atoms with E-state index in [1.165, 1.54) is 11.1 Å². The summed E-state index contributed by atoms with van der Waals surface area (Å²) in [5, 5.41) is 0. The minimum Gasteiger partial charge on any atom is -0.496 e. The van der Waals surface area contributed by atoms with Crippen LogP contribution in [-0.2, 0) is 6.54 Å². The molecule has 0 radical (unpaired) electrons. The highest BCUT2D eigenvalue weighted by Gasteiger charge is 2.10. The predicted octanol–water partition coefficient (Wildman–Crippen LogP) is 2.85. The fraction of sp³-hybridized carbons (Fsp3) is 0.625. The third-order valence-corrected chi connectivity index (χ3v) is 3.44. The van der Waals surface area contributed by atoms with Gasteiger partial charge in [-0.15, -0.1) is 0 Å². The molecule has 0 fully saturated rings. The SMILES string of the molecule is COc1cc(C(C)C)ccc1CN(C)CC(C)CN. The van der Waals surface area contributed by atoms with E-state index in [-0.39, 0.29) is 0 Å². The number of nitrogens with two attached hydrogens (primary N) is 1. The van der Waals surface area contributed by atoms with E-state index >= 15 is 0 Å². The number of ether oxygens (including phenoxy) is 1. The summed E-state index contributed by atoms with van der Waals surface area (Å²) in [4.78, 5) is 2.30. The van der Waals surface area contributed by atoms with Crippen LogP contribution in [0.1, 0.15) is 37.8 Å². The molecule has 0 saturated carbocycles. The summed E-state index contributed by atoms with van der Waals surface area (Å²) in [7, 11) is 3.87. The average Bonchev–Trinajstić information content (AvgIpc) is 2.38. The number of rotatable bonds is 7. The van der Waals surface area contributed by atoms with Crippen molar-refractivity contribution in [2.24, 2.45) is 11.7 Å². The second-order valence-corrected chi connectivity index (χ2v) is 5.76. The maximum atomic E-state index is 5.67. The van der Waals surface area contributed by atoms with Crippen LogP contribution in [0.4, 0.5) is 0 Å². The van der Waals surface area contributed by atoms with Gasteiger partial charge in [0.15, 0.2) is 0 Å². The molecule has 1 atom stereocenters. The van der Waals surface area contributed by atoms with Gasteiger partial charge in [-0.25, -0.2) is 0 Å².